The fourth-order valence-corrected chi connectivity index (χ4v) is 2.27. The van der Waals surface area contributed by atoms with E-state index in [1.165, 1.54) is 0 Å². The molecule has 2 aromatic carbocycles. The number of unbranched alkanes of at least 4 members (excludes halogenated alkanes) is 1. The fourth-order valence-electron chi connectivity index (χ4n) is 2.09. The normalized spacial score (nSPS) is 10.5. The van der Waals surface area contributed by atoms with Crippen LogP contribution in [0.2, 0.25) is 0 Å². The Morgan fingerprint density at radius 2 is 1.96 bits per heavy atom. The van der Waals surface area contributed by atoms with Crippen LogP contribution in [0.4, 0.5) is 5.69 Å². The number of anilines is 1. The first-order valence-electron chi connectivity index (χ1n) is 8.24. The minimum atomic E-state index is 0.480. The highest BCUT2D eigenvalue weighted by Crippen LogP contribution is 2.27. The quantitative estimate of drug-likeness (QED) is 0.293. The molecule has 0 radical (unpaired) electrons. The topological polar surface area (TPSA) is 56.5 Å². The highest BCUT2D eigenvalue weighted by atomic mass is 32.1. The monoisotopic (exact) mass is 358 g/mol. The molecule has 0 heterocycles. The van der Waals surface area contributed by atoms with Gasteiger partial charge >= 0.3 is 0 Å². The Labute approximate surface area is 154 Å². The van der Waals surface area contributed by atoms with Gasteiger partial charge in [0.2, 0.25) is 5.11 Å². The van der Waals surface area contributed by atoms with Crippen molar-refractivity contribution in [3.05, 3.63) is 54.1 Å². The molecule has 0 unspecified atom stereocenters. The molecule has 132 valence electrons. The summed E-state index contributed by atoms with van der Waals surface area (Å²) in [5.74, 6) is 1.46. The summed E-state index contributed by atoms with van der Waals surface area (Å²) < 4.78 is 11.1. The van der Waals surface area contributed by atoms with Gasteiger partial charge in [0, 0.05) is 11.3 Å². The lowest BCUT2D eigenvalue weighted by atomic mass is 10.2. The summed E-state index contributed by atoms with van der Waals surface area (Å²) in [6, 6.07) is 15.5. The summed E-state index contributed by atoms with van der Waals surface area (Å²) in [4.78, 5) is 0. The van der Waals surface area contributed by atoms with Gasteiger partial charge in [-0.05, 0) is 49.0 Å². The zero-order chi connectivity index (χ0) is 17.9. The maximum Gasteiger partial charge on any atom is 0.228 e. The first kappa shape index (κ1) is 18.7. The molecule has 0 aliphatic carbocycles. The number of ether oxygens (including phenoxy) is 2. The molecule has 0 fully saturated rings. The van der Waals surface area contributed by atoms with E-state index in [0.717, 1.165) is 29.8 Å². The number of hydrogen-bond donors (Lipinski definition) is 3. The van der Waals surface area contributed by atoms with Gasteiger partial charge < -0.3 is 14.8 Å². The van der Waals surface area contributed by atoms with E-state index < -0.39 is 0 Å². The van der Waals surface area contributed by atoms with E-state index in [-0.39, 0.29) is 0 Å². The lowest BCUT2D eigenvalue weighted by molar-refractivity contribution is -0.499. The predicted octanol–water partition coefficient (Wildman–Crippen LogP) is 2.28. The minimum absolute atomic E-state index is 0.480. The predicted molar refractivity (Wildman–Crippen MR) is 105 cm³/mol. The van der Waals surface area contributed by atoms with Gasteiger partial charge in [-0.3, -0.25) is 0 Å². The molecule has 0 aliphatic heterocycles. The van der Waals surface area contributed by atoms with Crippen LogP contribution in [-0.4, -0.2) is 25.0 Å². The van der Waals surface area contributed by atoms with E-state index in [1.54, 1.807) is 13.3 Å². The van der Waals surface area contributed by atoms with Gasteiger partial charge in [-0.15, -0.1) is 10.5 Å². The summed E-state index contributed by atoms with van der Waals surface area (Å²) in [5.41, 5.74) is 4.78. The van der Waals surface area contributed by atoms with Crippen LogP contribution in [0.1, 0.15) is 25.3 Å². The van der Waals surface area contributed by atoms with E-state index in [0.29, 0.717) is 17.5 Å². The van der Waals surface area contributed by atoms with Crippen LogP contribution < -0.4 is 25.3 Å². The van der Waals surface area contributed by atoms with Crippen molar-refractivity contribution in [3.63, 3.8) is 0 Å². The standard InChI is InChI=1S/C19H23N3O2S/c1-3-4-12-24-17-11-10-15(13-18(17)23-2)14-20-22-19(25)21-16-8-6-5-7-9-16/h5-11,13-14H,3-4,12H2,1-2H3,(H2,21,22,25)/p+1. The van der Waals surface area contributed by atoms with Crippen molar-refractivity contribution in [2.45, 2.75) is 19.8 Å². The molecule has 0 aliphatic rings. The second-order valence-corrected chi connectivity index (χ2v) is 5.75. The lowest BCUT2D eigenvalue weighted by Crippen LogP contribution is -2.82. The number of hydrazine groups is 1. The molecule has 25 heavy (non-hydrogen) atoms. The van der Waals surface area contributed by atoms with E-state index in [1.807, 2.05) is 48.5 Å². The Balaban J connectivity index is 1.90. The minimum Gasteiger partial charge on any atom is -0.493 e. The molecule has 0 atom stereocenters. The van der Waals surface area contributed by atoms with Gasteiger partial charge in [-0.2, -0.15) is 0 Å². The number of rotatable bonds is 8. The molecule has 0 spiro atoms. The van der Waals surface area contributed by atoms with E-state index in [4.69, 9.17) is 21.7 Å². The van der Waals surface area contributed by atoms with E-state index >= 15 is 0 Å². The van der Waals surface area contributed by atoms with Gasteiger partial charge in [0.1, 0.15) is 0 Å². The lowest BCUT2D eigenvalue weighted by Gasteiger charge is -2.10. The highest BCUT2D eigenvalue weighted by Gasteiger charge is 2.06. The van der Waals surface area contributed by atoms with Gasteiger partial charge in [-0.25, -0.2) is 0 Å². The summed E-state index contributed by atoms with van der Waals surface area (Å²) in [7, 11) is 1.64. The van der Waals surface area contributed by atoms with Gasteiger partial charge in [0.15, 0.2) is 17.7 Å². The largest absolute Gasteiger partial charge is 0.493 e. The number of nitrogens with one attached hydrogen (secondary N) is 3. The number of para-hydroxylation sites is 1. The molecule has 0 saturated carbocycles. The third kappa shape index (κ3) is 6.43. The molecule has 0 aromatic heterocycles. The van der Waals surface area contributed by atoms with Gasteiger partial charge in [0.25, 0.3) is 0 Å². The molecule has 2 rings (SSSR count). The first-order valence-corrected chi connectivity index (χ1v) is 8.65. The molecule has 3 N–H and O–H groups in total. The van der Waals surface area contributed by atoms with Crippen LogP contribution in [0.15, 0.2) is 48.5 Å². The number of hydrazone groups is 1. The van der Waals surface area contributed by atoms with E-state index in [2.05, 4.69) is 22.8 Å². The van der Waals surface area contributed by atoms with Crippen LogP contribution in [0.25, 0.3) is 0 Å². The van der Waals surface area contributed by atoms with Crippen LogP contribution in [-0.2, 0) is 0 Å². The molecule has 6 heteroatoms. The Morgan fingerprint density at radius 1 is 1.16 bits per heavy atom. The zero-order valence-corrected chi connectivity index (χ0v) is 15.4. The van der Waals surface area contributed by atoms with E-state index in [9.17, 15) is 0 Å². The SMILES string of the molecule is CCCCOc1ccc(C=[NH+]NC(=S)Nc2ccccc2)cc1OC. The molecule has 0 amide bonds. The maximum atomic E-state index is 5.73. The third-order valence-corrected chi connectivity index (χ3v) is 3.60. The van der Waals surface area contributed by atoms with Gasteiger partial charge in [0.05, 0.1) is 13.7 Å². The first-order chi connectivity index (χ1) is 12.2. The third-order valence-electron chi connectivity index (χ3n) is 3.40. The van der Waals surface area contributed by atoms with Crippen molar-refractivity contribution < 1.29 is 14.6 Å². The average Bonchev–Trinajstić information content (AvgIpc) is 2.63. The summed E-state index contributed by atoms with van der Waals surface area (Å²) in [6.45, 7) is 2.82. The van der Waals surface area contributed by atoms with Crippen molar-refractivity contribution >= 4 is 29.2 Å². The van der Waals surface area contributed by atoms with Crippen LogP contribution >= 0.6 is 12.2 Å². The summed E-state index contributed by atoms with van der Waals surface area (Å²) in [6.07, 6.45) is 3.92. The molecule has 0 saturated heterocycles. The molecule has 2 aromatic rings. The van der Waals surface area contributed by atoms with Crippen LogP contribution in [0.5, 0.6) is 11.5 Å². The number of methoxy groups -OCH3 is 1. The van der Waals surface area contributed by atoms with Crippen LogP contribution in [0, 0.1) is 0 Å². The Kier molecular flexibility index (Phi) is 7.72. The van der Waals surface area contributed by atoms with Crippen molar-refractivity contribution in [1.29, 1.82) is 0 Å². The second kappa shape index (κ2) is 10.3. The number of benzene rings is 2. The smallest absolute Gasteiger partial charge is 0.228 e. The molecular formula is C19H24N3O2S+. The second-order valence-electron chi connectivity index (χ2n) is 5.35. The number of hydrogen-bond acceptors (Lipinski definition) is 3. The molecule has 5 nitrogen and oxygen atoms in total. The van der Waals surface area contributed by atoms with Crippen molar-refractivity contribution in [1.82, 2.24) is 5.43 Å². The number of thiocarbonyl (C=S) groups is 1. The highest BCUT2D eigenvalue weighted by molar-refractivity contribution is 7.80. The Morgan fingerprint density at radius 3 is 2.68 bits per heavy atom. The average molecular weight is 358 g/mol. The van der Waals surface area contributed by atoms with Gasteiger partial charge in [-0.1, -0.05) is 31.5 Å². The van der Waals surface area contributed by atoms with Crippen LogP contribution in [0.3, 0.4) is 0 Å². The molecular weight excluding hydrogens is 334 g/mol. The molecule has 0 bridgehead atoms. The van der Waals surface area contributed by atoms with Crippen molar-refractivity contribution in [3.8, 4) is 11.5 Å². The van der Waals surface area contributed by atoms with Crippen molar-refractivity contribution in [2.75, 3.05) is 19.0 Å². The van der Waals surface area contributed by atoms with Crippen molar-refractivity contribution in [2.24, 2.45) is 0 Å². The summed E-state index contributed by atoms with van der Waals surface area (Å²) in [5, 5.41) is 6.53. The zero-order valence-electron chi connectivity index (χ0n) is 14.5. The summed E-state index contributed by atoms with van der Waals surface area (Å²) >= 11 is 5.23. The Hall–Kier alpha value is -2.60. The maximum absolute atomic E-state index is 5.73. The Bertz CT molecular complexity index is 705. The fraction of sp³-hybridized carbons (Fsp3) is 0.263.